The van der Waals surface area contributed by atoms with E-state index < -0.39 is 10.0 Å². The van der Waals surface area contributed by atoms with Gasteiger partial charge in [0, 0.05) is 22.0 Å². The number of rotatable bonds is 7. The Labute approximate surface area is 161 Å². The number of halogens is 1. The minimum Gasteiger partial charge on any atom is -0.288 e. The van der Waals surface area contributed by atoms with E-state index in [1.54, 1.807) is 48.5 Å². The van der Waals surface area contributed by atoms with Gasteiger partial charge in [-0.2, -0.15) is 0 Å². The molecule has 7 heteroatoms. The molecular formula is C19H16ClNO3S2. The maximum Gasteiger partial charge on any atom is 0.216 e. The zero-order valence-corrected chi connectivity index (χ0v) is 16.1. The molecule has 0 saturated heterocycles. The number of hydrogen-bond donors (Lipinski definition) is 1. The molecule has 0 radical (unpaired) electrons. The van der Waals surface area contributed by atoms with Crippen molar-refractivity contribution in [2.24, 2.45) is 0 Å². The predicted molar refractivity (Wildman–Crippen MR) is 105 cm³/mol. The largest absolute Gasteiger partial charge is 0.288 e. The van der Waals surface area contributed by atoms with E-state index in [-0.39, 0.29) is 18.1 Å². The first-order valence-electron chi connectivity index (χ1n) is 7.83. The molecule has 1 aromatic heterocycles. The molecule has 0 fully saturated rings. The first-order valence-corrected chi connectivity index (χ1v) is 10.7. The molecule has 134 valence electrons. The summed E-state index contributed by atoms with van der Waals surface area (Å²) in [6.07, 6.45) is 0. The van der Waals surface area contributed by atoms with Gasteiger partial charge in [-0.25, -0.2) is 13.1 Å². The quantitative estimate of drug-likeness (QED) is 0.597. The van der Waals surface area contributed by atoms with Crippen molar-refractivity contribution in [3.63, 3.8) is 0 Å². The Bertz CT molecular complexity index is 997. The van der Waals surface area contributed by atoms with Crippen LogP contribution in [0.4, 0.5) is 0 Å². The van der Waals surface area contributed by atoms with E-state index in [1.165, 1.54) is 11.3 Å². The maximum absolute atomic E-state index is 12.4. The fourth-order valence-corrected chi connectivity index (χ4v) is 4.59. The number of sulfonamides is 1. The van der Waals surface area contributed by atoms with E-state index in [0.29, 0.717) is 21.0 Å². The van der Waals surface area contributed by atoms with Crippen LogP contribution in [0.25, 0.3) is 0 Å². The van der Waals surface area contributed by atoms with Gasteiger partial charge in [-0.1, -0.05) is 54.1 Å². The molecule has 0 aliphatic carbocycles. The summed E-state index contributed by atoms with van der Waals surface area (Å²) in [5, 5.41) is 0.563. The fourth-order valence-electron chi connectivity index (χ4n) is 2.36. The molecule has 0 saturated carbocycles. The number of carbonyl (C=O) groups is 1. The van der Waals surface area contributed by atoms with Crippen LogP contribution in [0.3, 0.4) is 0 Å². The molecule has 2 aromatic carbocycles. The summed E-state index contributed by atoms with van der Waals surface area (Å²) in [6, 6.07) is 19.2. The van der Waals surface area contributed by atoms with Crippen LogP contribution >= 0.6 is 22.9 Å². The molecular weight excluding hydrogens is 390 g/mol. The summed E-state index contributed by atoms with van der Waals surface area (Å²) in [5.41, 5.74) is 1.28. The number of hydrogen-bond acceptors (Lipinski definition) is 4. The third kappa shape index (κ3) is 5.02. The number of thiophene rings is 1. The van der Waals surface area contributed by atoms with E-state index >= 15 is 0 Å². The van der Waals surface area contributed by atoms with E-state index in [0.717, 1.165) is 4.88 Å². The summed E-state index contributed by atoms with van der Waals surface area (Å²) in [4.78, 5) is 13.8. The molecule has 0 aliphatic heterocycles. The standard InChI is InChI=1S/C19H16ClNO3S2/c20-16-8-6-14(7-9-16)13-26(23,24)21-12-17-10-11-18(25-17)19(22)15-4-2-1-3-5-15/h1-11,21H,12-13H2. The highest BCUT2D eigenvalue weighted by molar-refractivity contribution is 7.88. The lowest BCUT2D eigenvalue weighted by atomic mass is 10.1. The Morgan fingerprint density at radius 3 is 2.35 bits per heavy atom. The summed E-state index contributed by atoms with van der Waals surface area (Å²) in [6.45, 7) is 0.155. The second-order valence-corrected chi connectivity index (χ2v) is 9.08. The van der Waals surface area contributed by atoms with Crippen molar-refractivity contribution in [1.82, 2.24) is 4.72 Å². The van der Waals surface area contributed by atoms with Crippen LogP contribution in [-0.2, 0) is 22.3 Å². The van der Waals surface area contributed by atoms with Crippen molar-refractivity contribution >= 4 is 38.7 Å². The number of carbonyl (C=O) groups excluding carboxylic acids is 1. The van der Waals surface area contributed by atoms with Gasteiger partial charge in [0.1, 0.15) is 0 Å². The van der Waals surface area contributed by atoms with E-state index in [9.17, 15) is 13.2 Å². The van der Waals surface area contributed by atoms with E-state index in [1.807, 2.05) is 18.2 Å². The molecule has 4 nitrogen and oxygen atoms in total. The van der Waals surface area contributed by atoms with Crippen LogP contribution in [0, 0.1) is 0 Å². The van der Waals surface area contributed by atoms with Gasteiger partial charge >= 0.3 is 0 Å². The van der Waals surface area contributed by atoms with Gasteiger partial charge < -0.3 is 0 Å². The van der Waals surface area contributed by atoms with Crippen molar-refractivity contribution in [2.45, 2.75) is 12.3 Å². The average Bonchev–Trinajstić information content (AvgIpc) is 3.11. The van der Waals surface area contributed by atoms with Crippen molar-refractivity contribution in [2.75, 3.05) is 0 Å². The van der Waals surface area contributed by atoms with Crippen LogP contribution in [0.15, 0.2) is 66.7 Å². The molecule has 26 heavy (non-hydrogen) atoms. The lowest BCUT2D eigenvalue weighted by Gasteiger charge is -2.06. The molecule has 0 aliphatic rings. The highest BCUT2D eigenvalue weighted by Gasteiger charge is 2.14. The molecule has 0 atom stereocenters. The van der Waals surface area contributed by atoms with Gasteiger partial charge in [0.05, 0.1) is 10.6 Å². The Kier molecular flexibility index (Phi) is 5.88. The summed E-state index contributed by atoms with van der Waals surface area (Å²) in [7, 11) is -3.48. The number of nitrogens with one attached hydrogen (secondary N) is 1. The van der Waals surface area contributed by atoms with Gasteiger partial charge in [-0.3, -0.25) is 4.79 Å². The summed E-state index contributed by atoms with van der Waals surface area (Å²) < 4.78 is 27.0. The second-order valence-electron chi connectivity index (χ2n) is 5.67. The zero-order valence-electron chi connectivity index (χ0n) is 13.7. The molecule has 3 rings (SSSR count). The topological polar surface area (TPSA) is 63.2 Å². The first kappa shape index (κ1) is 18.8. The maximum atomic E-state index is 12.4. The van der Waals surface area contributed by atoms with Gasteiger partial charge in [0.25, 0.3) is 0 Å². The van der Waals surface area contributed by atoms with E-state index in [4.69, 9.17) is 11.6 Å². The Balaban J connectivity index is 1.62. The second kappa shape index (κ2) is 8.14. The SMILES string of the molecule is O=C(c1ccccc1)c1ccc(CNS(=O)(=O)Cc2ccc(Cl)cc2)s1. The summed E-state index contributed by atoms with van der Waals surface area (Å²) >= 11 is 7.10. The van der Waals surface area contributed by atoms with Gasteiger partial charge in [-0.15, -0.1) is 11.3 Å². The first-order chi connectivity index (χ1) is 12.4. The monoisotopic (exact) mass is 405 g/mol. The Hall–Kier alpha value is -1.99. The predicted octanol–water partition coefficient (Wildman–Crippen LogP) is 4.25. The normalized spacial score (nSPS) is 11.4. The van der Waals surface area contributed by atoms with Crippen molar-refractivity contribution in [1.29, 1.82) is 0 Å². The molecule has 0 bridgehead atoms. The average molecular weight is 406 g/mol. The number of ketones is 1. The van der Waals surface area contributed by atoms with Crippen molar-refractivity contribution in [3.05, 3.63) is 92.6 Å². The van der Waals surface area contributed by atoms with Gasteiger partial charge in [-0.05, 0) is 29.8 Å². The molecule has 0 unspecified atom stereocenters. The van der Waals surface area contributed by atoms with Crippen LogP contribution in [0.2, 0.25) is 5.02 Å². The van der Waals surface area contributed by atoms with Crippen LogP contribution in [0.1, 0.15) is 25.7 Å². The lowest BCUT2D eigenvalue weighted by Crippen LogP contribution is -2.24. The minimum atomic E-state index is -3.48. The highest BCUT2D eigenvalue weighted by atomic mass is 35.5. The third-order valence-electron chi connectivity index (χ3n) is 3.66. The molecule has 0 amide bonds. The Morgan fingerprint density at radius 2 is 1.65 bits per heavy atom. The third-order valence-corrected chi connectivity index (χ3v) is 6.29. The highest BCUT2D eigenvalue weighted by Crippen LogP contribution is 2.20. The zero-order chi connectivity index (χ0) is 18.6. The molecule has 1 N–H and O–H groups in total. The van der Waals surface area contributed by atoms with Crippen molar-refractivity contribution < 1.29 is 13.2 Å². The minimum absolute atomic E-state index is 0.0640. The Morgan fingerprint density at radius 1 is 0.962 bits per heavy atom. The van der Waals surface area contributed by atoms with Crippen molar-refractivity contribution in [3.8, 4) is 0 Å². The van der Waals surface area contributed by atoms with Gasteiger partial charge in [0.15, 0.2) is 0 Å². The number of benzene rings is 2. The molecule has 3 aromatic rings. The van der Waals surface area contributed by atoms with Crippen LogP contribution in [0.5, 0.6) is 0 Å². The van der Waals surface area contributed by atoms with Crippen LogP contribution < -0.4 is 4.72 Å². The molecule has 1 heterocycles. The van der Waals surface area contributed by atoms with Crippen LogP contribution in [-0.4, -0.2) is 14.2 Å². The fraction of sp³-hybridized carbons (Fsp3) is 0.105. The van der Waals surface area contributed by atoms with Gasteiger partial charge in [0.2, 0.25) is 15.8 Å². The summed E-state index contributed by atoms with van der Waals surface area (Å²) in [5.74, 6) is -0.184. The molecule has 0 spiro atoms. The van der Waals surface area contributed by atoms with E-state index in [2.05, 4.69) is 4.72 Å². The smallest absolute Gasteiger partial charge is 0.216 e. The lowest BCUT2D eigenvalue weighted by molar-refractivity contribution is 0.104.